The van der Waals surface area contributed by atoms with E-state index >= 15 is 0 Å². The van der Waals surface area contributed by atoms with Gasteiger partial charge in [-0.05, 0) is 75.3 Å². The van der Waals surface area contributed by atoms with Crippen LogP contribution in [0.1, 0.15) is 53.6 Å². The summed E-state index contributed by atoms with van der Waals surface area (Å²) in [5.74, 6) is 0. The number of pyridine rings is 1. The predicted molar refractivity (Wildman–Crippen MR) is 127 cm³/mol. The molecule has 0 amide bonds. The van der Waals surface area contributed by atoms with E-state index in [0.29, 0.717) is 0 Å². The lowest BCUT2D eigenvalue weighted by Crippen LogP contribution is -2.30. The topological polar surface area (TPSA) is 33.1 Å². The standard InChI is InChI=1S/C24H27ClN4S/c1-5-13-28-23(22(27-24(28)30)20-11-6-7-12-26-20)21-15(2)16(3)29(17(21)4)19-10-8-9-18(25)14-19/h6-12,14,22-23H,5,13H2,1-4H3,(H,27,30). The molecule has 6 heteroatoms. The third kappa shape index (κ3) is 3.50. The number of thiocarbonyl (C=S) groups is 1. The molecule has 156 valence electrons. The number of aromatic nitrogens is 2. The molecular weight excluding hydrogens is 412 g/mol. The van der Waals surface area contributed by atoms with E-state index in [-0.39, 0.29) is 12.1 Å². The van der Waals surface area contributed by atoms with E-state index in [4.69, 9.17) is 23.8 Å². The van der Waals surface area contributed by atoms with Gasteiger partial charge in [-0.25, -0.2) is 0 Å². The molecular formula is C24H27ClN4S. The maximum Gasteiger partial charge on any atom is 0.170 e. The molecule has 0 spiro atoms. The van der Waals surface area contributed by atoms with Crippen LogP contribution in [0.3, 0.4) is 0 Å². The van der Waals surface area contributed by atoms with Crippen molar-refractivity contribution in [1.82, 2.24) is 19.8 Å². The molecule has 1 saturated heterocycles. The Morgan fingerprint density at radius 3 is 2.57 bits per heavy atom. The van der Waals surface area contributed by atoms with Crippen LogP contribution >= 0.6 is 23.8 Å². The third-order valence-corrected chi connectivity index (χ3v) is 6.62. The highest BCUT2D eigenvalue weighted by Gasteiger charge is 2.42. The average molecular weight is 439 g/mol. The van der Waals surface area contributed by atoms with Crippen molar-refractivity contribution in [2.75, 3.05) is 6.54 Å². The molecule has 3 aromatic rings. The van der Waals surface area contributed by atoms with Crippen molar-refractivity contribution in [2.24, 2.45) is 0 Å². The van der Waals surface area contributed by atoms with Gasteiger partial charge in [0.2, 0.25) is 0 Å². The fourth-order valence-corrected chi connectivity index (χ4v) is 5.16. The van der Waals surface area contributed by atoms with Crippen LogP contribution in [0.25, 0.3) is 5.69 Å². The van der Waals surface area contributed by atoms with Crippen molar-refractivity contribution >= 4 is 28.9 Å². The zero-order chi connectivity index (χ0) is 21.4. The first kappa shape index (κ1) is 20.9. The maximum absolute atomic E-state index is 6.30. The van der Waals surface area contributed by atoms with Gasteiger partial charge >= 0.3 is 0 Å². The molecule has 1 aliphatic rings. The van der Waals surface area contributed by atoms with Gasteiger partial charge in [0.1, 0.15) is 0 Å². The van der Waals surface area contributed by atoms with Gasteiger partial charge in [0, 0.05) is 40.4 Å². The summed E-state index contributed by atoms with van der Waals surface area (Å²) in [6.45, 7) is 9.67. The molecule has 2 atom stereocenters. The first-order valence-electron chi connectivity index (χ1n) is 10.4. The molecule has 2 unspecified atom stereocenters. The van der Waals surface area contributed by atoms with Crippen LogP contribution in [0, 0.1) is 20.8 Å². The number of nitrogens with one attached hydrogen (secondary N) is 1. The second-order valence-corrected chi connectivity index (χ2v) is 8.67. The van der Waals surface area contributed by atoms with Crippen molar-refractivity contribution in [3.63, 3.8) is 0 Å². The van der Waals surface area contributed by atoms with Crippen LogP contribution in [0.4, 0.5) is 0 Å². The first-order chi connectivity index (χ1) is 14.4. The molecule has 4 rings (SSSR count). The molecule has 0 saturated carbocycles. The van der Waals surface area contributed by atoms with Gasteiger partial charge in [0.25, 0.3) is 0 Å². The van der Waals surface area contributed by atoms with E-state index < -0.39 is 0 Å². The number of hydrogen-bond acceptors (Lipinski definition) is 2. The fourth-order valence-electron chi connectivity index (χ4n) is 4.65. The lowest BCUT2D eigenvalue weighted by Gasteiger charge is -2.28. The summed E-state index contributed by atoms with van der Waals surface area (Å²) >= 11 is 12.1. The average Bonchev–Trinajstić information content (AvgIpc) is 3.16. The number of halogens is 1. The molecule has 3 heterocycles. The normalized spacial score (nSPS) is 18.7. The van der Waals surface area contributed by atoms with Crippen LogP contribution in [-0.2, 0) is 0 Å². The smallest absolute Gasteiger partial charge is 0.170 e. The quantitative estimate of drug-likeness (QED) is 0.508. The van der Waals surface area contributed by atoms with Gasteiger partial charge in [0.15, 0.2) is 5.11 Å². The fraction of sp³-hybridized carbons (Fsp3) is 0.333. The Labute approximate surface area is 188 Å². The SMILES string of the molecule is CCCN1C(=S)NC(c2ccccn2)C1c1c(C)c(C)n(-c2cccc(Cl)c2)c1C. The highest BCUT2D eigenvalue weighted by atomic mass is 35.5. The summed E-state index contributed by atoms with van der Waals surface area (Å²) in [5.41, 5.74) is 7.12. The Morgan fingerprint density at radius 2 is 1.90 bits per heavy atom. The van der Waals surface area contributed by atoms with Gasteiger partial charge in [-0.1, -0.05) is 30.7 Å². The van der Waals surface area contributed by atoms with Crippen LogP contribution in [-0.4, -0.2) is 26.1 Å². The Balaban J connectivity index is 1.89. The summed E-state index contributed by atoms with van der Waals surface area (Å²) in [6, 6.07) is 14.2. The van der Waals surface area contributed by atoms with Crippen molar-refractivity contribution in [3.8, 4) is 5.69 Å². The first-order valence-corrected chi connectivity index (χ1v) is 11.1. The maximum atomic E-state index is 6.30. The van der Waals surface area contributed by atoms with E-state index in [1.807, 2.05) is 36.5 Å². The zero-order valence-electron chi connectivity index (χ0n) is 17.8. The summed E-state index contributed by atoms with van der Waals surface area (Å²) in [6.07, 6.45) is 2.88. The van der Waals surface area contributed by atoms with Crippen molar-refractivity contribution in [3.05, 3.63) is 81.9 Å². The molecule has 30 heavy (non-hydrogen) atoms. The van der Waals surface area contributed by atoms with E-state index in [0.717, 1.165) is 34.5 Å². The molecule has 1 aliphatic heterocycles. The van der Waals surface area contributed by atoms with Crippen LogP contribution in [0.5, 0.6) is 0 Å². The molecule has 1 aromatic carbocycles. The van der Waals surface area contributed by atoms with Crippen molar-refractivity contribution in [1.29, 1.82) is 0 Å². The summed E-state index contributed by atoms with van der Waals surface area (Å²) in [4.78, 5) is 6.98. The molecule has 2 aromatic heterocycles. The van der Waals surface area contributed by atoms with E-state index in [2.05, 4.69) is 59.6 Å². The number of nitrogens with zero attached hydrogens (tertiary/aromatic N) is 3. The Kier molecular flexibility index (Phi) is 5.85. The summed E-state index contributed by atoms with van der Waals surface area (Å²) in [7, 11) is 0. The molecule has 0 aliphatic carbocycles. The van der Waals surface area contributed by atoms with Crippen LogP contribution < -0.4 is 5.32 Å². The number of hydrogen-bond donors (Lipinski definition) is 1. The molecule has 1 fully saturated rings. The summed E-state index contributed by atoms with van der Waals surface area (Å²) < 4.78 is 2.30. The van der Waals surface area contributed by atoms with E-state index in [1.54, 1.807) is 0 Å². The minimum atomic E-state index is 0.0114. The second-order valence-electron chi connectivity index (χ2n) is 7.84. The van der Waals surface area contributed by atoms with Gasteiger partial charge < -0.3 is 14.8 Å². The van der Waals surface area contributed by atoms with Gasteiger partial charge in [-0.15, -0.1) is 0 Å². The highest BCUT2D eigenvalue weighted by molar-refractivity contribution is 7.80. The molecule has 4 nitrogen and oxygen atoms in total. The van der Waals surface area contributed by atoms with Crippen molar-refractivity contribution < 1.29 is 0 Å². The zero-order valence-corrected chi connectivity index (χ0v) is 19.4. The van der Waals surface area contributed by atoms with E-state index in [9.17, 15) is 0 Å². The number of rotatable bonds is 5. The second kappa shape index (κ2) is 8.40. The molecule has 0 radical (unpaired) electrons. The highest BCUT2D eigenvalue weighted by Crippen LogP contribution is 2.43. The minimum Gasteiger partial charge on any atom is -0.352 e. The van der Waals surface area contributed by atoms with Crippen molar-refractivity contribution in [2.45, 2.75) is 46.2 Å². The third-order valence-electron chi connectivity index (χ3n) is 6.03. The van der Waals surface area contributed by atoms with Crippen LogP contribution in [0.2, 0.25) is 5.02 Å². The minimum absolute atomic E-state index is 0.0114. The molecule has 1 N–H and O–H groups in total. The van der Waals surface area contributed by atoms with Gasteiger partial charge in [-0.3, -0.25) is 4.98 Å². The Morgan fingerprint density at radius 1 is 1.10 bits per heavy atom. The monoisotopic (exact) mass is 438 g/mol. The lowest BCUT2D eigenvalue weighted by atomic mass is 9.93. The lowest BCUT2D eigenvalue weighted by molar-refractivity contribution is 0.315. The number of benzene rings is 1. The van der Waals surface area contributed by atoms with Gasteiger partial charge in [-0.2, -0.15) is 0 Å². The predicted octanol–water partition coefficient (Wildman–Crippen LogP) is 5.83. The van der Waals surface area contributed by atoms with Crippen LogP contribution in [0.15, 0.2) is 48.7 Å². The largest absolute Gasteiger partial charge is 0.352 e. The van der Waals surface area contributed by atoms with Gasteiger partial charge in [0.05, 0.1) is 17.8 Å². The van der Waals surface area contributed by atoms with E-state index in [1.165, 1.54) is 22.5 Å². The summed E-state index contributed by atoms with van der Waals surface area (Å²) in [5, 5.41) is 5.08. The Bertz CT molecular complexity index is 1080. The molecule has 0 bridgehead atoms. The Hall–Kier alpha value is -2.37.